The zero-order chi connectivity index (χ0) is 22.9. The number of pyridine rings is 1. The average Bonchev–Trinajstić information content (AvgIpc) is 3.41. The maximum absolute atomic E-state index is 13.4. The van der Waals surface area contributed by atoms with Crippen LogP contribution in [0, 0.1) is 11.8 Å². The number of alkyl halides is 2. The first-order chi connectivity index (χ1) is 15.8. The van der Waals surface area contributed by atoms with Crippen LogP contribution in [0.2, 0.25) is 5.15 Å². The Morgan fingerprint density at radius 1 is 1.33 bits per heavy atom. The monoisotopic (exact) mass is 472 g/mol. The van der Waals surface area contributed by atoms with Gasteiger partial charge in [-0.1, -0.05) is 17.7 Å². The number of imidazole rings is 1. The zero-order valence-electron chi connectivity index (χ0n) is 18.0. The van der Waals surface area contributed by atoms with Gasteiger partial charge in [-0.3, -0.25) is 4.79 Å². The van der Waals surface area contributed by atoms with Crippen molar-refractivity contribution in [3.8, 4) is 0 Å². The van der Waals surface area contributed by atoms with Crippen LogP contribution in [-0.4, -0.2) is 44.4 Å². The fourth-order valence-corrected chi connectivity index (χ4v) is 5.42. The van der Waals surface area contributed by atoms with Crippen LogP contribution < -0.4 is 10.2 Å². The van der Waals surface area contributed by atoms with E-state index in [1.165, 1.54) is 5.69 Å². The molecule has 1 amide bonds. The molecule has 3 aliphatic rings. The van der Waals surface area contributed by atoms with Crippen LogP contribution in [0.4, 0.5) is 14.6 Å². The van der Waals surface area contributed by atoms with Crippen LogP contribution >= 0.6 is 11.6 Å². The highest BCUT2D eigenvalue weighted by molar-refractivity contribution is 6.30. The van der Waals surface area contributed by atoms with Gasteiger partial charge in [0.25, 0.3) is 11.8 Å². The Labute approximate surface area is 194 Å². The third-order valence-corrected chi connectivity index (χ3v) is 7.54. The first-order valence-electron chi connectivity index (χ1n) is 11.1. The molecule has 3 atom stereocenters. The minimum Gasteiger partial charge on any atom is -0.364 e. The summed E-state index contributed by atoms with van der Waals surface area (Å²) in [6.07, 6.45) is 5.70. The van der Waals surface area contributed by atoms with E-state index in [9.17, 15) is 13.6 Å². The molecule has 7 nitrogen and oxygen atoms in total. The van der Waals surface area contributed by atoms with Crippen molar-refractivity contribution in [3.63, 3.8) is 0 Å². The van der Waals surface area contributed by atoms with E-state index in [4.69, 9.17) is 11.6 Å². The molecule has 6 rings (SSSR count). The number of piperidine rings is 1. The topological polar surface area (TPSA) is 78.8 Å². The Balaban J connectivity index is 1.10. The lowest BCUT2D eigenvalue weighted by atomic mass is 10.1. The third kappa shape index (κ3) is 3.40. The van der Waals surface area contributed by atoms with Gasteiger partial charge in [0, 0.05) is 44.1 Å². The van der Waals surface area contributed by atoms with Gasteiger partial charge in [-0.2, -0.15) is 0 Å². The molecule has 1 aliphatic heterocycles. The van der Waals surface area contributed by atoms with Crippen LogP contribution in [0.25, 0.3) is 0 Å². The summed E-state index contributed by atoms with van der Waals surface area (Å²) in [5.41, 5.74) is 4.30. The molecule has 2 fully saturated rings. The van der Waals surface area contributed by atoms with Crippen molar-refractivity contribution in [1.29, 1.82) is 0 Å². The molecule has 33 heavy (non-hydrogen) atoms. The molecule has 0 bridgehead atoms. The zero-order valence-corrected chi connectivity index (χ0v) is 18.7. The van der Waals surface area contributed by atoms with Crippen LogP contribution in [0.3, 0.4) is 0 Å². The number of halogens is 3. The third-order valence-electron chi connectivity index (χ3n) is 7.22. The van der Waals surface area contributed by atoms with Gasteiger partial charge in [-0.15, -0.1) is 0 Å². The number of carbonyl (C=O) groups excluding carboxylic acids is 1. The average molecular weight is 473 g/mol. The second-order valence-electron chi connectivity index (χ2n) is 9.25. The van der Waals surface area contributed by atoms with E-state index in [2.05, 4.69) is 20.3 Å². The van der Waals surface area contributed by atoms with Gasteiger partial charge in [0.2, 0.25) is 0 Å². The molecule has 1 saturated heterocycles. The van der Waals surface area contributed by atoms with E-state index < -0.39 is 17.8 Å². The standard InChI is InChI=1S/C23H23ClF2N6O/c1-31-11-28-20-17(3-4-18(20)31)29-22(33)13-7-14(27-8-13)6-12-2-5-19(30-21(12)24)32-9-15-16(10-32)23(15,25)26/h2,5,7-8,11,15-17,27H,3-4,6,9-10H2,1H3,(H,29,33)/t15?,16?,17-/m1/s1. The Kier molecular flexibility index (Phi) is 4.56. The number of aromatic nitrogens is 4. The summed E-state index contributed by atoms with van der Waals surface area (Å²) in [6, 6.07) is 5.43. The second-order valence-corrected chi connectivity index (χ2v) is 9.61. The van der Waals surface area contributed by atoms with Crippen molar-refractivity contribution in [3.05, 3.63) is 64.1 Å². The molecule has 2 N–H and O–H groups in total. The van der Waals surface area contributed by atoms with Crippen molar-refractivity contribution in [2.45, 2.75) is 31.2 Å². The number of nitrogens with zero attached hydrogens (tertiary/aromatic N) is 4. The summed E-state index contributed by atoms with van der Waals surface area (Å²) < 4.78 is 28.9. The number of hydrogen-bond acceptors (Lipinski definition) is 4. The molecular formula is C23H23ClF2N6O. The molecule has 3 aromatic rings. The highest BCUT2D eigenvalue weighted by Gasteiger charge is 2.71. The molecule has 172 valence electrons. The number of fused-ring (bicyclic) bond motifs is 2. The van der Waals surface area contributed by atoms with Gasteiger partial charge in [0.1, 0.15) is 11.0 Å². The fraction of sp³-hybridized carbons (Fsp3) is 0.435. The number of amides is 1. The Bertz CT molecular complexity index is 1240. The number of H-pyrrole nitrogens is 1. The highest BCUT2D eigenvalue weighted by atomic mass is 35.5. The van der Waals surface area contributed by atoms with Crippen molar-refractivity contribution < 1.29 is 13.6 Å². The smallest absolute Gasteiger partial charge is 0.258 e. The summed E-state index contributed by atoms with van der Waals surface area (Å²) in [7, 11) is 1.97. The van der Waals surface area contributed by atoms with Crippen molar-refractivity contribution in [2.75, 3.05) is 18.0 Å². The van der Waals surface area contributed by atoms with Crippen molar-refractivity contribution in [1.82, 2.24) is 24.8 Å². The molecule has 0 spiro atoms. The predicted molar refractivity (Wildman–Crippen MR) is 119 cm³/mol. The number of rotatable bonds is 5. The molecular weight excluding hydrogens is 450 g/mol. The van der Waals surface area contributed by atoms with E-state index in [-0.39, 0.29) is 11.9 Å². The van der Waals surface area contributed by atoms with Gasteiger partial charge in [-0.25, -0.2) is 18.7 Å². The largest absolute Gasteiger partial charge is 0.364 e. The van der Waals surface area contributed by atoms with Gasteiger partial charge in [0.05, 0.1) is 35.5 Å². The van der Waals surface area contributed by atoms with Gasteiger partial charge >= 0.3 is 0 Å². The minimum absolute atomic E-state index is 0.0742. The number of nitrogens with one attached hydrogen (secondary N) is 2. The number of anilines is 1. The van der Waals surface area contributed by atoms with E-state index >= 15 is 0 Å². The summed E-state index contributed by atoms with van der Waals surface area (Å²) in [6.45, 7) is 0.632. The maximum Gasteiger partial charge on any atom is 0.258 e. The molecule has 2 aliphatic carbocycles. The van der Waals surface area contributed by atoms with Crippen LogP contribution in [0.5, 0.6) is 0 Å². The van der Waals surface area contributed by atoms with E-state index in [1.807, 2.05) is 34.7 Å². The van der Waals surface area contributed by atoms with Gasteiger partial charge in [-0.05, 0) is 30.5 Å². The van der Waals surface area contributed by atoms with Crippen LogP contribution in [-0.2, 0) is 19.9 Å². The second kappa shape index (κ2) is 7.28. The lowest BCUT2D eigenvalue weighted by Crippen LogP contribution is -2.28. The quantitative estimate of drug-likeness (QED) is 0.557. The molecule has 0 radical (unpaired) electrons. The SMILES string of the molecule is Cn1cnc2c1CC[C@H]2NC(=O)c1c[nH]c(Cc2ccc(N3CC4C(C3)C4(F)F)nc2Cl)c1. The number of aromatic amines is 1. The lowest BCUT2D eigenvalue weighted by Gasteiger charge is -2.21. The van der Waals surface area contributed by atoms with Crippen molar-refractivity contribution in [2.24, 2.45) is 18.9 Å². The summed E-state index contributed by atoms with van der Waals surface area (Å²) in [5.74, 6) is -3.16. The fourth-order valence-electron chi connectivity index (χ4n) is 5.21. The Morgan fingerprint density at radius 3 is 2.88 bits per heavy atom. The molecule has 1 saturated carbocycles. The lowest BCUT2D eigenvalue weighted by molar-refractivity contribution is 0.0796. The Hall–Kier alpha value is -2.94. The number of carbonyl (C=O) groups is 1. The molecule has 10 heteroatoms. The van der Waals surface area contributed by atoms with Crippen LogP contribution in [0.15, 0.2) is 30.7 Å². The number of hydrogen-bond donors (Lipinski definition) is 2. The summed E-state index contributed by atoms with van der Waals surface area (Å²) in [4.78, 5) is 26.6. The molecule has 3 aromatic heterocycles. The van der Waals surface area contributed by atoms with E-state index in [1.54, 1.807) is 12.5 Å². The summed E-state index contributed by atoms with van der Waals surface area (Å²) >= 11 is 6.41. The Morgan fingerprint density at radius 2 is 2.12 bits per heavy atom. The minimum atomic E-state index is -2.52. The first kappa shape index (κ1) is 20.7. The highest BCUT2D eigenvalue weighted by Crippen LogP contribution is 2.59. The normalized spacial score (nSPS) is 24.6. The van der Waals surface area contributed by atoms with Crippen LogP contribution in [0.1, 0.15) is 45.5 Å². The predicted octanol–water partition coefficient (Wildman–Crippen LogP) is 3.51. The number of aryl methyl sites for hydroxylation is 1. The van der Waals surface area contributed by atoms with Gasteiger partial charge < -0.3 is 19.8 Å². The van der Waals surface area contributed by atoms with E-state index in [0.717, 1.165) is 29.8 Å². The molecule has 2 unspecified atom stereocenters. The maximum atomic E-state index is 13.4. The van der Waals surface area contributed by atoms with Crippen molar-refractivity contribution >= 4 is 23.3 Å². The molecule has 4 heterocycles. The summed E-state index contributed by atoms with van der Waals surface area (Å²) in [5, 5.41) is 3.41. The molecule has 0 aromatic carbocycles. The first-order valence-corrected chi connectivity index (χ1v) is 11.5. The van der Waals surface area contributed by atoms with Gasteiger partial charge in [0.15, 0.2) is 0 Å². The van der Waals surface area contributed by atoms with E-state index in [0.29, 0.717) is 36.0 Å².